The molecule has 27 heavy (non-hydrogen) atoms. The van der Waals surface area contributed by atoms with Gasteiger partial charge in [-0.05, 0) is 26.0 Å². The molecule has 0 unspecified atom stereocenters. The van der Waals surface area contributed by atoms with E-state index in [1.165, 1.54) is 9.10 Å². The molecule has 2 N–H and O–H groups in total. The Balaban J connectivity index is 1.74. The molecule has 11 heteroatoms. The van der Waals surface area contributed by atoms with E-state index in [-0.39, 0.29) is 36.2 Å². The van der Waals surface area contributed by atoms with E-state index in [0.717, 1.165) is 5.56 Å². The standard InChI is InChI=1S/C16H21N5O5S/c1-3-25-16(22)14-15(17)26-18-21(14)19-8-10-20(11-9-19)27(23,24)13-6-4-12(2)5-7-13/h4-7H,3,8-11H2,1-2H3,(H-,17,18,22)/p+1. The summed E-state index contributed by atoms with van der Waals surface area (Å²) in [5, 5.41) is 5.46. The van der Waals surface area contributed by atoms with E-state index in [0.29, 0.717) is 13.1 Å². The van der Waals surface area contributed by atoms with Gasteiger partial charge in [0.1, 0.15) is 0 Å². The van der Waals surface area contributed by atoms with Crippen LogP contribution in [0.3, 0.4) is 0 Å². The number of piperazine rings is 1. The number of nitrogen functional groups attached to an aromatic ring is 1. The van der Waals surface area contributed by atoms with E-state index in [1.54, 1.807) is 36.2 Å². The molecule has 1 aliphatic heterocycles. The van der Waals surface area contributed by atoms with Gasteiger partial charge in [0.25, 0.3) is 0 Å². The van der Waals surface area contributed by atoms with Crippen molar-refractivity contribution in [2.75, 3.05) is 43.5 Å². The van der Waals surface area contributed by atoms with Crippen LogP contribution in [0.2, 0.25) is 0 Å². The fraction of sp³-hybridized carbons (Fsp3) is 0.438. The van der Waals surface area contributed by atoms with Gasteiger partial charge in [-0.3, -0.25) is 4.52 Å². The van der Waals surface area contributed by atoms with Crippen LogP contribution in [0.15, 0.2) is 33.7 Å². The summed E-state index contributed by atoms with van der Waals surface area (Å²) in [7, 11) is -3.58. The molecular weight excluding hydrogens is 374 g/mol. The van der Waals surface area contributed by atoms with Crippen molar-refractivity contribution in [1.82, 2.24) is 9.58 Å². The summed E-state index contributed by atoms with van der Waals surface area (Å²) in [6.45, 7) is 4.86. The van der Waals surface area contributed by atoms with Crippen molar-refractivity contribution in [3.05, 3.63) is 35.5 Å². The van der Waals surface area contributed by atoms with Crippen molar-refractivity contribution in [3.63, 3.8) is 0 Å². The number of sulfonamides is 1. The highest BCUT2D eigenvalue weighted by Crippen LogP contribution is 2.18. The van der Waals surface area contributed by atoms with Gasteiger partial charge in [-0.25, -0.2) is 13.2 Å². The minimum atomic E-state index is -3.58. The lowest BCUT2D eigenvalue weighted by atomic mass is 10.2. The Morgan fingerprint density at radius 2 is 1.89 bits per heavy atom. The number of aryl methyl sites for hydroxylation is 1. The van der Waals surface area contributed by atoms with Gasteiger partial charge in [-0.1, -0.05) is 17.7 Å². The molecule has 10 nitrogen and oxygen atoms in total. The third-order valence-electron chi connectivity index (χ3n) is 4.26. The Kier molecular flexibility index (Phi) is 5.33. The molecule has 146 valence electrons. The number of rotatable bonds is 5. The third-order valence-corrected chi connectivity index (χ3v) is 6.17. The highest BCUT2D eigenvalue weighted by atomic mass is 32.2. The maximum absolute atomic E-state index is 12.8. The molecule has 0 atom stereocenters. The summed E-state index contributed by atoms with van der Waals surface area (Å²) in [6.07, 6.45) is 0. The fourth-order valence-electron chi connectivity index (χ4n) is 2.81. The van der Waals surface area contributed by atoms with Gasteiger partial charge in [-0.2, -0.15) is 4.31 Å². The fourth-order valence-corrected chi connectivity index (χ4v) is 4.23. The van der Waals surface area contributed by atoms with Crippen molar-refractivity contribution >= 4 is 21.9 Å². The minimum absolute atomic E-state index is 0.00769. The second-order valence-electron chi connectivity index (χ2n) is 6.07. The zero-order chi connectivity index (χ0) is 19.6. The zero-order valence-corrected chi connectivity index (χ0v) is 16.0. The Morgan fingerprint density at radius 1 is 1.26 bits per heavy atom. The number of nitrogens with two attached hydrogens (primary N) is 1. The van der Waals surface area contributed by atoms with E-state index < -0.39 is 16.0 Å². The van der Waals surface area contributed by atoms with Crippen LogP contribution in [0, 0.1) is 6.92 Å². The van der Waals surface area contributed by atoms with Crippen molar-refractivity contribution in [2.24, 2.45) is 0 Å². The van der Waals surface area contributed by atoms with Crippen molar-refractivity contribution < 1.29 is 27.3 Å². The average Bonchev–Trinajstić information content (AvgIpc) is 3.04. The van der Waals surface area contributed by atoms with Gasteiger partial charge in [0.05, 0.1) is 29.4 Å². The number of esters is 1. The molecule has 3 rings (SSSR count). The summed E-state index contributed by atoms with van der Waals surface area (Å²) in [6, 6.07) is 6.73. The largest absolute Gasteiger partial charge is 0.458 e. The number of carbonyl (C=O) groups is 1. The van der Waals surface area contributed by atoms with Gasteiger partial charge < -0.3 is 10.5 Å². The smallest absolute Gasteiger partial charge is 0.415 e. The van der Waals surface area contributed by atoms with Crippen LogP contribution >= 0.6 is 0 Å². The van der Waals surface area contributed by atoms with Crippen molar-refractivity contribution in [1.29, 1.82) is 0 Å². The highest BCUT2D eigenvalue weighted by molar-refractivity contribution is 7.89. The SMILES string of the molecule is CCOC(=O)c1c(N)on[n+]1N1CCN(S(=O)(=O)c2ccc(C)cc2)CC1. The zero-order valence-electron chi connectivity index (χ0n) is 15.2. The first-order valence-electron chi connectivity index (χ1n) is 8.51. The third kappa shape index (κ3) is 3.74. The first-order valence-corrected chi connectivity index (χ1v) is 9.95. The lowest BCUT2D eigenvalue weighted by Crippen LogP contribution is -2.68. The molecule has 0 radical (unpaired) electrons. The molecule has 0 saturated carbocycles. The Bertz CT molecular complexity index is 917. The lowest BCUT2D eigenvalue weighted by molar-refractivity contribution is -0.760. The molecule has 0 spiro atoms. The van der Waals surface area contributed by atoms with Gasteiger partial charge in [0.15, 0.2) is 0 Å². The monoisotopic (exact) mass is 396 g/mol. The van der Waals surface area contributed by atoms with Crippen LogP contribution in [0.25, 0.3) is 0 Å². The molecule has 2 aromatic rings. The molecule has 1 aliphatic rings. The van der Waals surface area contributed by atoms with Gasteiger partial charge >= 0.3 is 17.5 Å². The van der Waals surface area contributed by atoms with Crippen LogP contribution in [-0.4, -0.2) is 56.7 Å². The Labute approximate surface area is 157 Å². The molecule has 2 heterocycles. The molecule has 1 aromatic carbocycles. The number of hydrogen-bond donors (Lipinski definition) is 1. The Hall–Kier alpha value is -2.66. The Morgan fingerprint density at radius 3 is 2.48 bits per heavy atom. The highest BCUT2D eigenvalue weighted by Gasteiger charge is 2.39. The second-order valence-corrected chi connectivity index (χ2v) is 8.00. The summed E-state index contributed by atoms with van der Waals surface area (Å²) in [5.74, 6) is -0.797. The predicted octanol–water partition coefficient (Wildman–Crippen LogP) is -0.328. The van der Waals surface area contributed by atoms with E-state index in [4.69, 9.17) is 15.0 Å². The molecule has 0 bridgehead atoms. The first kappa shape index (κ1) is 19.1. The molecular formula is C16H22N5O5S+. The molecule has 1 fully saturated rings. The van der Waals surface area contributed by atoms with Crippen LogP contribution in [0.4, 0.5) is 5.88 Å². The van der Waals surface area contributed by atoms with Crippen LogP contribution < -0.4 is 15.5 Å². The second kappa shape index (κ2) is 7.53. The van der Waals surface area contributed by atoms with Crippen molar-refractivity contribution in [2.45, 2.75) is 18.7 Å². The van der Waals surface area contributed by atoms with E-state index in [2.05, 4.69) is 5.27 Å². The van der Waals surface area contributed by atoms with Crippen LogP contribution in [0.1, 0.15) is 23.0 Å². The van der Waals surface area contributed by atoms with E-state index in [9.17, 15) is 13.2 Å². The number of hydrogen-bond acceptors (Lipinski definition) is 8. The number of benzene rings is 1. The lowest BCUT2D eigenvalue weighted by Gasteiger charge is -2.29. The van der Waals surface area contributed by atoms with Crippen LogP contribution in [0.5, 0.6) is 0 Å². The van der Waals surface area contributed by atoms with Gasteiger partial charge in [0, 0.05) is 13.1 Å². The van der Waals surface area contributed by atoms with Crippen molar-refractivity contribution in [3.8, 4) is 0 Å². The number of carbonyl (C=O) groups excluding carboxylic acids is 1. The number of nitrogens with zero attached hydrogens (tertiary/aromatic N) is 4. The molecule has 1 aromatic heterocycles. The quantitative estimate of drug-likeness (QED) is 0.538. The predicted molar refractivity (Wildman–Crippen MR) is 95.0 cm³/mol. The van der Waals surface area contributed by atoms with E-state index >= 15 is 0 Å². The summed E-state index contributed by atoms with van der Waals surface area (Å²) >= 11 is 0. The molecule has 1 saturated heterocycles. The van der Waals surface area contributed by atoms with Gasteiger partial charge in [0.2, 0.25) is 15.3 Å². The summed E-state index contributed by atoms with van der Waals surface area (Å²) < 4.78 is 36.8. The maximum atomic E-state index is 12.8. The summed E-state index contributed by atoms with van der Waals surface area (Å²) in [4.78, 5) is 13.6. The number of aromatic nitrogens is 2. The average molecular weight is 396 g/mol. The molecule has 0 aliphatic carbocycles. The van der Waals surface area contributed by atoms with E-state index in [1.807, 2.05) is 6.92 Å². The topological polar surface area (TPSA) is 123 Å². The normalized spacial score (nSPS) is 15.7. The number of ether oxygens (including phenoxy) is 1. The maximum Gasteiger partial charge on any atom is 0.415 e. The van der Waals surface area contributed by atoms with Gasteiger partial charge in [-0.15, -0.1) is 5.01 Å². The van der Waals surface area contributed by atoms with Crippen LogP contribution in [-0.2, 0) is 14.8 Å². The first-order chi connectivity index (χ1) is 12.8. The number of anilines is 1. The minimum Gasteiger partial charge on any atom is -0.458 e. The summed E-state index contributed by atoms with van der Waals surface area (Å²) in [5.41, 5.74) is 6.66. The molecule has 0 amide bonds.